The molecule has 2 aliphatic rings. The lowest BCUT2D eigenvalue weighted by Gasteiger charge is -2.37. The lowest BCUT2D eigenvalue weighted by molar-refractivity contribution is 0.0766. The molecule has 0 amide bonds. The van der Waals surface area contributed by atoms with Gasteiger partial charge in [-0.1, -0.05) is 6.42 Å². The van der Waals surface area contributed by atoms with Crippen molar-refractivity contribution in [3.63, 3.8) is 0 Å². The molecule has 3 heteroatoms. The highest BCUT2D eigenvalue weighted by atomic mass is 16.5. The minimum atomic E-state index is 0.645. The Kier molecular flexibility index (Phi) is 4.42. The second kappa shape index (κ2) is 5.83. The summed E-state index contributed by atoms with van der Waals surface area (Å²) in [7, 11) is 0. The molecule has 1 unspecified atom stereocenters. The van der Waals surface area contributed by atoms with E-state index < -0.39 is 0 Å². The number of nitrogens with two attached hydrogens (primary N) is 1. The minimum absolute atomic E-state index is 0.645. The summed E-state index contributed by atoms with van der Waals surface area (Å²) >= 11 is 0. The van der Waals surface area contributed by atoms with Crippen molar-refractivity contribution in [3.05, 3.63) is 0 Å². The van der Waals surface area contributed by atoms with Crippen molar-refractivity contribution in [2.45, 2.75) is 38.1 Å². The van der Waals surface area contributed by atoms with E-state index in [4.69, 9.17) is 10.5 Å². The summed E-state index contributed by atoms with van der Waals surface area (Å²) in [4.78, 5) is 2.64. The van der Waals surface area contributed by atoms with Crippen molar-refractivity contribution in [1.82, 2.24) is 4.90 Å². The lowest BCUT2D eigenvalue weighted by Crippen LogP contribution is -2.40. The Labute approximate surface area is 93.0 Å². The Balaban J connectivity index is 1.66. The maximum atomic E-state index is 5.46. The number of hydrogen-bond donors (Lipinski definition) is 1. The molecule has 1 heterocycles. The van der Waals surface area contributed by atoms with Crippen LogP contribution in [-0.2, 0) is 4.74 Å². The van der Waals surface area contributed by atoms with Crippen molar-refractivity contribution < 1.29 is 4.74 Å². The zero-order chi connectivity index (χ0) is 10.5. The first-order valence-corrected chi connectivity index (χ1v) is 6.43. The second-order valence-electron chi connectivity index (χ2n) is 4.84. The highest BCUT2D eigenvalue weighted by Gasteiger charge is 2.34. The van der Waals surface area contributed by atoms with Gasteiger partial charge in [0.05, 0.1) is 13.2 Å². The third-order valence-corrected chi connectivity index (χ3v) is 3.89. The summed E-state index contributed by atoms with van der Waals surface area (Å²) in [5, 5.41) is 0. The van der Waals surface area contributed by atoms with Gasteiger partial charge in [0.2, 0.25) is 0 Å². The number of rotatable bonds is 6. The zero-order valence-corrected chi connectivity index (χ0v) is 9.66. The fourth-order valence-corrected chi connectivity index (χ4v) is 2.86. The van der Waals surface area contributed by atoms with Gasteiger partial charge >= 0.3 is 0 Å². The van der Waals surface area contributed by atoms with E-state index in [9.17, 15) is 0 Å². The second-order valence-corrected chi connectivity index (χ2v) is 4.84. The molecule has 0 spiro atoms. The summed E-state index contributed by atoms with van der Waals surface area (Å²) < 4.78 is 5.46. The average molecular weight is 212 g/mol. The number of ether oxygens (including phenoxy) is 1. The van der Waals surface area contributed by atoms with Crippen LogP contribution in [-0.4, -0.2) is 43.8 Å². The predicted molar refractivity (Wildman–Crippen MR) is 61.8 cm³/mol. The third kappa shape index (κ3) is 2.92. The van der Waals surface area contributed by atoms with E-state index in [0.717, 1.165) is 25.1 Å². The first-order valence-electron chi connectivity index (χ1n) is 6.43. The molecule has 1 saturated heterocycles. The predicted octanol–water partition coefficient (Wildman–Crippen LogP) is 1.23. The van der Waals surface area contributed by atoms with Crippen LogP contribution < -0.4 is 5.73 Å². The van der Waals surface area contributed by atoms with Gasteiger partial charge in [-0.25, -0.2) is 0 Å². The standard InChI is InChI=1S/C12H24N2O/c13-6-9-15-10-8-14-7-2-5-12(14)11-3-1-4-11/h11-12H,1-10,13H2. The van der Waals surface area contributed by atoms with Gasteiger partial charge < -0.3 is 10.5 Å². The molecular formula is C12H24N2O. The molecule has 1 aliphatic carbocycles. The third-order valence-electron chi connectivity index (χ3n) is 3.89. The van der Waals surface area contributed by atoms with E-state index in [0.29, 0.717) is 13.2 Å². The molecule has 1 saturated carbocycles. The van der Waals surface area contributed by atoms with Crippen LogP contribution in [0.3, 0.4) is 0 Å². The van der Waals surface area contributed by atoms with Gasteiger partial charge in [0, 0.05) is 19.1 Å². The summed E-state index contributed by atoms with van der Waals surface area (Å²) in [6.07, 6.45) is 7.19. The van der Waals surface area contributed by atoms with E-state index >= 15 is 0 Å². The van der Waals surface area contributed by atoms with E-state index in [1.165, 1.54) is 38.6 Å². The van der Waals surface area contributed by atoms with Crippen LogP contribution in [0.25, 0.3) is 0 Å². The van der Waals surface area contributed by atoms with Crippen LogP contribution >= 0.6 is 0 Å². The average Bonchev–Trinajstić information content (AvgIpc) is 2.58. The van der Waals surface area contributed by atoms with Crippen molar-refractivity contribution in [2.24, 2.45) is 11.7 Å². The Bertz CT molecular complexity index is 182. The molecule has 15 heavy (non-hydrogen) atoms. The lowest BCUT2D eigenvalue weighted by atomic mass is 9.79. The first kappa shape index (κ1) is 11.4. The van der Waals surface area contributed by atoms with Crippen LogP contribution in [0.4, 0.5) is 0 Å². The molecule has 2 N–H and O–H groups in total. The maximum Gasteiger partial charge on any atom is 0.0594 e. The van der Waals surface area contributed by atoms with E-state index in [1.807, 2.05) is 0 Å². The molecule has 2 rings (SSSR count). The molecule has 0 aromatic rings. The SMILES string of the molecule is NCCOCCN1CCCC1C1CCC1. The van der Waals surface area contributed by atoms with Crippen LogP contribution in [0.15, 0.2) is 0 Å². The largest absolute Gasteiger partial charge is 0.379 e. The van der Waals surface area contributed by atoms with Crippen LogP contribution in [0.5, 0.6) is 0 Å². The summed E-state index contributed by atoms with van der Waals surface area (Å²) in [5.74, 6) is 1.00. The quantitative estimate of drug-likeness (QED) is 0.673. The summed E-state index contributed by atoms with van der Waals surface area (Å²) in [6, 6.07) is 0.875. The minimum Gasteiger partial charge on any atom is -0.379 e. The fraction of sp³-hybridized carbons (Fsp3) is 1.00. The molecule has 2 fully saturated rings. The van der Waals surface area contributed by atoms with Crippen molar-refractivity contribution in [2.75, 3.05) is 32.8 Å². The van der Waals surface area contributed by atoms with Crippen molar-refractivity contribution in [3.8, 4) is 0 Å². The molecule has 0 aromatic carbocycles. The topological polar surface area (TPSA) is 38.5 Å². The Hall–Kier alpha value is -0.120. The van der Waals surface area contributed by atoms with Crippen LogP contribution in [0.2, 0.25) is 0 Å². The Morgan fingerprint density at radius 3 is 2.67 bits per heavy atom. The first-order chi connectivity index (χ1) is 7.42. The van der Waals surface area contributed by atoms with Gasteiger partial charge in [-0.05, 0) is 38.1 Å². The molecular weight excluding hydrogens is 188 g/mol. The molecule has 1 atom stereocenters. The number of likely N-dealkylation sites (tertiary alicyclic amines) is 1. The van der Waals surface area contributed by atoms with E-state index in [2.05, 4.69) is 4.90 Å². The van der Waals surface area contributed by atoms with E-state index in [1.54, 1.807) is 0 Å². The highest BCUT2D eigenvalue weighted by molar-refractivity contribution is 4.88. The Morgan fingerprint density at radius 1 is 1.13 bits per heavy atom. The Morgan fingerprint density at radius 2 is 2.00 bits per heavy atom. The fourth-order valence-electron chi connectivity index (χ4n) is 2.86. The van der Waals surface area contributed by atoms with Crippen molar-refractivity contribution in [1.29, 1.82) is 0 Å². The van der Waals surface area contributed by atoms with Gasteiger partial charge in [0.25, 0.3) is 0 Å². The zero-order valence-electron chi connectivity index (χ0n) is 9.66. The highest BCUT2D eigenvalue weighted by Crippen LogP contribution is 2.36. The molecule has 1 aliphatic heterocycles. The van der Waals surface area contributed by atoms with E-state index in [-0.39, 0.29) is 0 Å². The van der Waals surface area contributed by atoms with Gasteiger partial charge in [0.1, 0.15) is 0 Å². The van der Waals surface area contributed by atoms with Crippen molar-refractivity contribution >= 4 is 0 Å². The smallest absolute Gasteiger partial charge is 0.0594 e. The maximum absolute atomic E-state index is 5.46. The van der Waals surface area contributed by atoms with Gasteiger partial charge in [-0.3, -0.25) is 4.90 Å². The van der Waals surface area contributed by atoms with Crippen LogP contribution in [0, 0.1) is 5.92 Å². The molecule has 88 valence electrons. The molecule has 0 aromatic heterocycles. The van der Waals surface area contributed by atoms with Gasteiger partial charge in [0.15, 0.2) is 0 Å². The normalized spacial score (nSPS) is 28.2. The van der Waals surface area contributed by atoms with Gasteiger partial charge in [-0.2, -0.15) is 0 Å². The number of nitrogens with zero attached hydrogens (tertiary/aromatic N) is 1. The molecule has 3 nitrogen and oxygen atoms in total. The summed E-state index contributed by atoms with van der Waals surface area (Å²) in [5.41, 5.74) is 5.39. The van der Waals surface area contributed by atoms with Crippen LogP contribution in [0.1, 0.15) is 32.1 Å². The molecule has 0 radical (unpaired) electrons. The monoisotopic (exact) mass is 212 g/mol. The molecule has 0 bridgehead atoms. The van der Waals surface area contributed by atoms with Gasteiger partial charge in [-0.15, -0.1) is 0 Å². The number of hydrogen-bond acceptors (Lipinski definition) is 3. The summed E-state index contributed by atoms with van der Waals surface area (Å²) in [6.45, 7) is 4.61.